The highest BCUT2D eigenvalue weighted by molar-refractivity contribution is 7.22. The number of carbonyl (C=O) groups is 1. The zero-order valence-electron chi connectivity index (χ0n) is 21.1. The second-order valence-corrected chi connectivity index (χ2v) is 10.2. The summed E-state index contributed by atoms with van der Waals surface area (Å²) in [5.74, 6) is 0.943. The zero-order valence-corrected chi connectivity index (χ0v) is 21.9. The molecule has 0 radical (unpaired) electrons. The van der Waals surface area contributed by atoms with E-state index < -0.39 is 5.82 Å². The fourth-order valence-electron chi connectivity index (χ4n) is 4.75. The molecule has 0 unspecified atom stereocenters. The SMILES string of the molecule is COc1ccc(-c2sc3cc(OC)c(F)cc3c2C(=O)c2ccc(OCCN3CCCCC3)cc2)cc1. The van der Waals surface area contributed by atoms with Crippen LogP contribution < -0.4 is 14.2 Å². The van der Waals surface area contributed by atoms with Crippen molar-refractivity contribution in [3.05, 3.63) is 77.6 Å². The number of ketones is 1. The molecule has 0 atom stereocenters. The summed E-state index contributed by atoms with van der Waals surface area (Å²) in [5, 5.41) is 0.570. The van der Waals surface area contributed by atoms with E-state index >= 15 is 0 Å². The van der Waals surface area contributed by atoms with Crippen molar-refractivity contribution in [3.8, 4) is 27.7 Å². The van der Waals surface area contributed by atoms with Crippen LogP contribution in [0, 0.1) is 5.82 Å². The van der Waals surface area contributed by atoms with E-state index in [1.165, 1.54) is 43.8 Å². The van der Waals surface area contributed by atoms with Gasteiger partial charge in [0.2, 0.25) is 0 Å². The summed E-state index contributed by atoms with van der Waals surface area (Å²) in [4.78, 5) is 17.0. The molecule has 0 bridgehead atoms. The maximum atomic E-state index is 14.7. The number of benzene rings is 3. The normalized spacial score (nSPS) is 14.0. The standard InChI is InChI=1S/C30H30FNO4S/c1-34-22-10-8-21(9-11-22)30-28(24-18-25(31)26(35-2)19-27(24)37-30)29(33)20-6-12-23(13-7-20)36-17-16-32-14-4-3-5-15-32/h6-13,18-19H,3-5,14-17H2,1-2H3. The Hall–Kier alpha value is -3.42. The van der Waals surface area contributed by atoms with E-state index in [1.54, 1.807) is 25.3 Å². The van der Waals surface area contributed by atoms with Gasteiger partial charge in [0, 0.05) is 38.7 Å². The summed E-state index contributed by atoms with van der Waals surface area (Å²) in [6, 6.07) is 17.8. The lowest BCUT2D eigenvalue weighted by atomic mass is 9.97. The van der Waals surface area contributed by atoms with Crippen LogP contribution in [0.25, 0.3) is 20.5 Å². The molecular weight excluding hydrogens is 489 g/mol. The highest BCUT2D eigenvalue weighted by atomic mass is 32.1. The maximum Gasteiger partial charge on any atom is 0.195 e. The number of halogens is 1. The molecule has 192 valence electrons. The molecule has 0 amide bonds. The van der Waals surface area contributed by atoms with Crippen molar-refractivity contribution in [1.82, 2.24) is 4.90 Å². The first-order valence-corrected chi connectivity index (χ1v) is 13.3. The third-order valence-corrected chi connectivity index (χ3v) is 7.98. The van der Waals surface area contributed by atoms with E-state index in [9.17, 15) is 9.18 Å². The predicted octanol–water partition coefficient (Wildman–Crippen LogP) is 6.82. The number of likely N-dealkylation sites (tertiary alicyclic amines) is 1. The number of hydrogen-bond acceptors (Lipinski definition) is 6. The molecule has 5 nitrogen and oxygen atoms in total. The maximum absolute atomic E-state index is 14.7. The third-order valence-electron chi connectivity index (χ3n) is 6.78. The van der Waals surface area contributed by atoms with Gasteiger partial charge in [0.1, 0.15) is 18.1 Å². The number of hydrogen-bond donors (Lipinski definition) is 0. The van der Waals surface area contributed by atoms with Crippen molar-refractivity contribution >= 4 is 27.2 Å². The van der Waals surface area contributed by atoms with Gasteiger partial charge in [-0.3, -0.25) is 9.69 Å². The number of rotatable bonds is 9. The number of nitrogens with zero attached hydrogens (tertiary/aromatic N) is 1. The Kier molecular flexibility index (Phi) is 7.72. The van der Waals surface area contributed by atoms with Crippen molar-refractivity contribution in [2.45, 2.75) is 19.3 Å². The Morgan fingerprint density at radius 2 is 1.62 bits per heavy atom. The van der Waals surface area contributed by atoms with Crippen LogP contribution in [0.1, 0.15) is 35.2 Å². The lowest BCUT2D eigenvalue weighted by molar-refractivity contribution is 0.104. The van der Waals surface area contributed by atoms with E-state index in [0.29, 0.717) is 23.1 Å². The van der Waals surface area contributed by atoms with E-state index in [-0.39, 0.29) is 11.5 Å². The predicted molar refractivity (Wildman–Crippen MR) is 146 cm³/mol. The first-order valence-electron chi connectivity index (χ1n) is 12.5. The van der Waals surface area contributed by atoms with Crippen molar-refractivity contribution in [3.63, 3.8) is 0 Å². The van der Waals surface area contributed by atoms with Gasteiger partial charge in [0.15, 0.2) is 17.3 Å². The molecule has 2 heterocycles. The number of piperidine rings is 1. The Morgan fingerprint density at radius 3 is 2.30 bits per heavy atom. The molecule has 1 aromatic heterocycles. The quantitative estimate of drug-likeness (QED) is 0.227. The molecule has 0 spiro atoms. The van der Waals surface area contributed by atoms with Crippen molar-refractivity contribution < 1.29 is 23.4 Å². The number of methoxy groups -OCH3 is 2. The molecule has 7 heteroatoms. The highest BCUT2D eigenvalue weighted by Gasteiger charge is 2.23. The summed E-state index contributed by atoms with van der Waals surface area (Å²) in [5.41, 5.74) is 1.86. The summed E-state index contributed by atoms with van der Waals surface area (Å²) in [6.45, 7) is 3.79. The average molecular weight is 520 g/mol. The van der Waals surface area contributed by atoms with Crippen LogP contribution in [0.4, 0.5) is 4.39 Å². The molecule has 4 aromatic rings. The van der Waals surface area contributed by atoms with Crippen molar-refractivity contribution in [1.29, 1.82) is 0 Å². The smallest absolute Gasteiger partial charge is 0.195 e. The zero-order chi connectivity index (χ0) is 25.8. The van der Waals surface area contributed by atoms with Gasteiger partial charge in [-0.25, -0.2) is 4.39 Å². The Balaban J connectivity index is 1.43. The minimum atomic E-state index is -0.499. The molecule has 5 rings (SSSR count). The van der Waals surface area contributed by atoms with Crippen LogP contribution >= 0.6 is 11.3 Å². The summed E-state index contributed by atoms with van der Waals surface area (Å²) in [7, 11) is 3.05. The molecular formula is C30H30FNO4S. The van der Waals surface area contributed by atoms with Crippen molar-refractivity contribution in [2.24, 2.45) is 0 Å². The lowest BCUT2D eigenvalue weighted by Gasteiger charge is -2.26. The lowest BCUT2D eigenvalue weighted by Crippen LogP contribution is -2.33. The van der Waals surface area contributed by atoms with Crippen LogP contribution in [0.2, 0.25) is 0 Å². The molecule has 1 aliphatic heterocycles. The van der Waals surface area contributed by atoms with Crippen LogP contribution in [-0.2, 0) is 0 Å². The minimum absolute atomic E-state index is 0.153. The Labute approximate surface area is 220 Å². The van der Waals surface area contributed by atoms with Gasteiger partial charge < -0.3 is 14.2 Å². The first kappa shape index (κ1) is 25.2. The Morgan fingerprint density at radius 1 is 0.919 bits per heavy atom. The van der Waals surface area contributed by atoms with E-state index in [2.05, 4.69) is 4.90 Å². The summed E-state index contributed by atoms with van der Waals surface area (Å²) < 4.78 is 31.9. The fraction of sp³-hybridized carbons (Fsp3) is 0.300. The van der Waals surface area contributed by atoms with E-state index in [4.69, 9.17) is 14.2 Å². The van der Waals surface area contributed by atoms with Crippen molar-refractivity contribution in [2.75, 3.05) is 40.5 Å². The Bertz CT molecular complexity index is 1380. The van der Waals surface area contributed by atoms with Crippen LogP contribution in [0.5, 0.6) is 17.2 Å². The molecule has 1 aliphatic rings. The molecule has 1 saturated heterocycles. The largest absolute Gasteiger partial charge is 0.497 e. The molecule has 1 fully saturated rings. The topological polar surface area (TPSA) is 48.0 Å². The summed E-state index contributed by atoms with van der Waals surface area (Å²) >= 11 is 1.44. The van der Waals surface area contributed by atoms with Gasteiger partial charge in [-0.2, -0.15) is 0 Å². The van der Waals surface area contributed by atoms with Crippen LogP contribution in [0.15, 0.2) is 60.7 Å². The van der Waals surface area contributed by atoms with Gasteiger partial charge in [-0.05, 0) is 86.1 Å². The molecule has 0 saturated carbocycles. The second kappa shape index (κ2) is 11.3. The molecule has 0 N–H and O–H groups in total. The number of ether oxygens (including phenoxy) is 3. The monoisotopic (exact) mass is 519 g/mol. The first-order chi connectivity index (χ1) is 18.1. The third kappa shape index (κ3) is 5.48. The van der Waals surface area contributed by atoms with Gasteiger partial charge in [-0.15, -0.1) is 11.3 Å². The highest BCUT2D eigenvalue weighted by Crippen LogP contribution is 2.42. The number of fused-ring (bicyclic) bond motifs is 1. The summed E-state index contributed by atoms with van der Waals surface area (Å²) in [6.07, 6.45) is 3.82. The van der Waals surface area contributed by atoms with Crippen LogP contribution in [0.3, 0.4) is 0 Å². The van der Waals surface area contributed by atoms with E-state index in [1.807, 2.05) is 36.4 Å². The van der Waals surface area contributed by atoms with E-state index in [0.717, 1.165) is 46.3 Å². The van der Waals surface area contributed by atoms with Gasteiger partial charge in [0.05, 0.1) is 14.2 Å². The van der Waals surface area contributed by atoms with Crippen LogP contribution in [-0.4, -0.2) is 51.1 Å². The molecule has 37 heavy (non-hydrogen) atoms. The van der Waals surface area contributed by atoms with Gasteiger partial charge >= 0.3 is 0 Å². The number of thiophene rings is 1. The number of carbonyl (C=O) groups excluding carboxylic acids is 1. The second-order valence-electron chi connectivity index (χ2n) is 9.12. The van der Waals surface area contributed by atoms with Gasteiger partial charge in [0.25, 0.3) is 0 Å². The fourth-order valence-corrected chi connectivity index (χ4v) is 5.96. The average Bonchev–Trinajstić information content (AvgIpc) is 3.31. The molecule has 3 aromatic carbocycles. The molecule has 0 aliphatic carbocycles. The minimum Gasteiger partial charge on any atom is -0.497 e. The van der Waals surface area contributed by atoms with Gasteiger partial charge in [-0.1, -0.05) is 6.42 Å².